The second kappa shape index (κ2) is 7.44. The van der Waals surface area contributed by atoms with Gasteiger partial charge in [-0.15, -0.1) is 0 Å². The lowest BCUT2D eigenvalue weighted by Crippen LogP contribution is -2.02. The highest BCUT2D eigenvalue weighted by Gasteiger charge is 2.14. The number of unbranched alkanes of at least 4 members (excludes halogenated alkanes) is 2. The van der Waals surface area contributed by atoms with Gasteiger partial charge in [-0.05, 0) is 37.8 Å². The molecule has 0 aliphatic heterocycles. The Labute approximate surface area is 122 Å². The van der Waals surface area contributed by atoms with Crippen molar-refractivity contribution in [3.05, 3.63) is 33.9 Å². The van der Waals surface area contributed by atoms with Crippen LogP contribution in [0.1, 0.15) is 24.8 Å². The van der Waals surface area contributed by atoms with E-state index in [1.165, 1.54) is 6.07 Å². The van der Waals surface area contributed by atoms with Gasteiger partial charge in [0.15, 0.2) is 5.75 Å². The molecule has 6 nitrogen and oxygen atoms in total. The lowest BCUT2D eigenvalue weighted by Gasteiger charge is -2.07. The predicted octanol–water partition coefficient (Wildman–Crippen LogP) is 3.02. The van der Waals surface area contributed by atoms with Gasteiger partial charge in [0.05, 0.1) is 17.3 Å². The Hall–Kier alpha value is -1.34. The van der Waals surface area contributed by atoms with Crippen LogP contribution in [0.2, 0.25) is 0 Å². The SMILES string of the molecule is Cc1ccc([N+](=O)[O-])c(OCCCCCS(=O)(=O)Cl)c1. The molecule has 1 aromatic rings. The van der Waals surface area contributed by atoms with E-state index in [2.05, 4.69) is 0 Å². The molecule has 0 atom stereocenters. The maximum atomic E-state index is 10.8. The number of nitro groups is 1. The van der Waals surface area contributed by atoms with E-state index >= 15 is 0 Å². The van der Waals surface area contributed by atoms with Gasteiger partial charge in [0.2, 0.25) is 9.05 Å². The van der Waals surface area contributed by atoms with Crippen LogP contribution in [0, 0.1) is 17.0 Å². The molecule has 1 rings (SSSR count). The van der Waals surface area contributed by atoms with Gasteiger partial charge in [-0.3, -0.25) is 10.1 Å². The van der Waals surface area contributed by atoms with Crippen LogP contribution in [0.15, 0.2) is 18.2 Å². The zero-order chi connectivity index (χ0) is 15.2. The Kier molecular flexibility index (Phi) is 6.22. The molecule has 0 N–H and O–H groups in total. The van der Waals surface area contributed by atoms with Crippen molar-refractivity contribution in [3.8, 4) is 5.75 Å². The minimum Gasteiger partial charge on any atom is -0.487 e. The van der Waals surface area contributed by atoms with E-state index in [-0.39, 0.29) is 17.2 Å². The predicted molar refractivity (Wildman–Crippen MR) is 76.8 cm³/mol. The van der Waals surface area contributed by atoms with Crippen LogP contribution in [0.4, 0.5) is 5.69 Å². The standard InChI is InChI=1S/C12H16ClNO5S/c1-10-5-6-11(14(15)16)12(9-10)19-7-3-2-4-8-20(13,17)18/h5-6,9H,2-4,7-8H2,1H3. The van der Waals surface area contributed by atoms with Gasteiger partial charge in [-0.1, -0.05) is 6.07 Å². The van der Waals surface area contributed by atoms with Gasteiger partial charge >= 0.3 is 5.69 Å². The van der Waals surface area contributed by atoms with Crippen molar-refractivity contribution in [3.63, 3.8) is 0 Å². The number of nitro benzene ring substituents is 1. The number of nitrogens with zero attached hydrogens (tertiary/aromatic N) is 1. The maximum Gasteiger partial charge on any atom is 0.310 e. The quantitative estimate of drug-likeness (QED) is 0.318. The zero-order valence-electron chi connectivity index (χ0n) is 11.0. The molecule has 0 aliphatic carbocycles. The highest BCUT2D eigenvalue weighted by molar-refractivity contribution is 8.13. The molecule has 20 heavy (non-hydrogen) atoms. The fraction of sp³-hybridized carbons (Fsp3) is 0.500. The van der Waals surface area contributed by atoms with Crippen LogP contribution in [0.25, 0.3) is 0 Å². The molecule has 0 fully saturated rings. The molecule has 1 aromatic carbocycles. The summed E-state index contributed by atoms with van der Waals surface area (Å²) in [4.78, 5) is 10.3. The third-order valence-corrected chi connectivity index (χ3v) is 3.84. The first kappa shape index (κ1) is 16.7. The Morgan fingerprint density at radius 2 is 2.00 bits per heavy atom. The summed E-state index contributed by atoms with van der Waals surface area (Å²) in [5, 5.41) is 10.8. The Balaban J connectivity index is 2.42. The molecule has 0 heterocycles. The monoisotopic (exact) mass is 321 g/mol. The van der Waals surface area contributed by atoms with Crippen LogP contribution in [0.3, 0.4) is 0 Å². The average Bonchev–Trinajstić information content (AvgIpc) is 2.32. The highest BCUT2D eigenvalue weighted by atomic mass is 35.7. The van der Waals surface area contributed by atoms with E-state index in [0.717, 1.165) is 5.56 Å². The molecule has 0 unspecified atom stereocenters. The lowest BCUT2D eigenvalue weighted by atomic mass is 10.2. The van der Waals surface area contributed by atoms with Crippen molar-refractivity contribution in [1.29, 1.82) is 0 Å². The fourth-order valence-corrected chi connectivity index (χ4v) is 2.50. The summed E-state index contributed by atoms with van der Waals surface area (Å²) >= 11 is 0. The summed E-state index contributed by atoms with van der Waals surface area (Å²) in [6.07, 6.45) is 1.69. The largest absolute Gasteiger partial charge is 0.487 e. The lowest BCUT2D eigenvalue weighted by molar-refractivity contribution is -0.385. The number of halogens is 1. The summed E-state index contributed by atoms with van der Waals surface area (Å²) in [5.74, 6) is 0.166. The second-order valence-electron chi connectivity index (χ2n) is 4.38. The third-order valence-electron chi connectivity index (χ3n) is 2.60. The molecular weight excluding hydrogens is 306 g/mol. The molecule has 112 valence electrons. The third kappa shape index (κ3) is 6.21. The van der Waals surface area contributed by atoms with Crippen LogP contribution >= 0.6 is 10.7 Å². The number of hydrogen-bond acceptors (Lipinski definition) is 5. The van der Waals surface area contributed by atoms with E-state index in [1.807, 2.05) is 6.92 Å². The van der Waals surface area contributed by atoms with Crippen molar-refractivity contribution in [2.45, 2.75) is 26.2 Å². The molecule has 0 spiro atoms. The number of rotatable bonds is 8. The van der Waals surface area contributed by atoms with Crippen LogP contribution in [-0.4, -0.2) is 25.7 Å². The molecule has 8 heteroatoms. The van der Waals surface area contributed by atoms with E-state index in [0.29, 0.717) is 25.9 Å². The zero-order valence-corrected chi connectivity index (χ0v) is 12.6. The molecule has 0 radical (unpaired) electrons. The summed E-state index contributed by atoms with van der Waals surface area (Å²) in [6.45, 7) is 2.12. The number of aryl methyl sites for hydroxylation is 1. The summed E-state index contributed by atoms with van der Waals surface area (Å²) in [5.41, 5.74) is 0.803. The van der Waals surface area contributed by atoms with E-state index < -0.39 is 14.0 Å². The second-order valence-corrected chi connectivity index (χ2v) is 7.28. The molecule has 0 saturated heterocycles. The van der Waals surface area contributed by atoms with Crippen LogP contribution in [0.5, 0.6) is 5.75 Å². The minimum absolute atomic E-state index is 0.0703. The van der Waals surface area contributed by atoms with Crippen molar-refractivity contribution in [2.75, 3.05) is 12.4 Å². The van der Waals surface area contributed by atoms with E-state index in [9.17, 15) is 18.5 Å². The molecular formula is C12H16ClNO5S. The number of ether oxygens (including phenoxy) is 1. The van der Waals surface area contributed by atoms with Crippen molar-refractivity contribution in [2.24, 2.45) is 0 Å². The van der Waals surface area contributed by atoms with E-state index in [4.69, 9.17) is 15.4 Å². The van der Waals surface area contributed by atoms with Gasteiger partial charge in [0.1, 0.15) is 0 Å². The average molecular weight is 322 g/mol. The summed E-state index contributed by atoms with van der Waals surface area (Å²) < 4.78 is 26.8. The molecule has 0 aromatic heterocycles. The van der Waals surface area contributed by atoms with Gasteiger partial charge in [0.25, 0.3) is 0 Å². The number of hydrogen-bond donors (Lipinski definition) is 0. The first-order chi connectivity index (χ1) is 9.29. The van der Waals surface area contributed by atoms with Crippen LogP contribution < -0.4 is 4.74 Å². The van der Waals surface area contributed by atoms with Crippen molar-refractivity contribution in [1.82, 2.24) is 0 Å². The number of benzene rings is 1. The highest BCUT2D eigenvalue weighted by Crippen LogP contribution is 2.27. The minimum atomic E-state index is -3.44. The summed E-state index contributed by atoms with van der Waals surface area (Å²) in [7, 11) is 1.64. The Morgan fingerprint density at radius 1 is 1.30 bits per heavy atom. The van der Waals surface area contributed by atoms with Crippen molar-refractivity contribution < 1.29 is 18.1 Å². The topological polar surface area (TPSA) is 86.5 Å². The first-order valence-electron chi connectivity index (χ1n) is 6.10. The fourth-order valence-electron chi connectivity index (χ4n) is 1.62. The molecule has 0 amide bonds. The molecule has 0 aliphatic rings. The van der Waals surface area contributed by atoms with Crippen molar-refractivity contribution >= 4 is 25.4 Å². The Bertz CT molecular complexity index is 573. The Morgan fingerprint density at radius 3 is 2.60 bits per heavy atom. The maximum absolute atomic E-state index is 10.8. The van der Waals surface area contributed by atoms with Gasteiger partial charge in [-0.2, -0.15) is 0 Å². The normalized spacial score (nSPS) is 11.3. The molecule has 0 bridgehead atoms. The van der Waals surface area contributed by atoms with Gasteiger partial charge in [0, 0.05) is 16.7 Å². The van der Waals surface area contributed by atoms with Crippen LogP contribution in [-0.2, 0) is 9.05 Å². The molecule has 0 saturated carbocycles. The van der Waals surface area contributed by atoms with Gasteiger partial charge < -0.3 is 4.74 Å². The first-order valence-corrected chi connectivity index (χ1v) is 8.57. The van der Waals surface area contributed by atoms with Gasteiger partial charge in [-0.25, -0.2) is 8.42 Å². The smallest absolute Gasteiger partial charge is 0.310 e. The van der Waals surface area contributed by atoms with E-state index in [1.54, 1.807) is 12.1 Å². The summed E-state index contributed by atoms with van der Waals surface area (Å²) in [6, 6.07) is 4.67.